The Bertz CT molecular complexity index is 2700. The SMILES string of the molecule is N#Cc1cccc(-c2cccc(-c3cccc(-n4c5ccccc5c5cccc(C#N)c54)c3)c2)c1-n1c2c(c3ccccc31)CCC=C2. The van der Waals surface area contributed by atoms with Gasteiger partial charge in [0.1, 0.15) is 12.1 Å². The Kier molecular flexibility index (Phi) is 6.35. The number of aromatic nitrogens is 2. The predicted molar refractivity (Wildman–Crippen MR) is 195 cm³/mol. The molecule has 0 spiro atoms. The second kappa shape index (κ2) is 11.0. The smallest absolute Gasteiger partial charge is 0.101 e. The lowest BCUT2D eigenvalue weighted by Gasteiger charge is -2.18. The molecule has 224 valence electrons. The van der Waals surface area contributed by atoms with Crippen LogP contribution in [-0.2, 0) is 6.42 Å². The van der Waals surface area contributed by atoms with E-state index in [0.29, 0.717) is 11.1 Å². The molecule has 0 bridgehead atoms. The Morgan fingerprint density at radius 3 is 2.02 bits per heavy atom. The highest BCUT2D eigenvalue weighted by atomic mass is 15.0. The summed E-state index contributed by atoms with van der Waals surface area (Å²) in [6.45, 7) is 0. The molecule has 48 heavy (non-hydrogen) atoms. The van der Waals surface area contributed by atoms with Crippen LogP contribution in [0.2, 0.25) is 0 Å². The molecule has 0 N–H and O–H groups in total. The summed E-state index contributed by atoms with van der Waals surface area (Å²) in [6, 6.07) is 50.9. The van der Waals surface area contributed by atoms with Gasteiger partial charge in [0.2, 0.25) is 0 Å². The molecule has 0 radical (unpaired) electrons. The van der Waals surface area contributed by atoms with Crippen molar-refractivity contribution in [1.82, 2.24) is 9.13 Å². The first-order chi connectivity index (χ1) is 23.7. The number of allylic oxidation sites excluding steroid dienone is 1. The first-order valence-electron chi connectivity index (χ1n) is 16.2. The first kappa shape index (κ1) is 27.7. The normalized spacial score (nSPS) is 12.3. The van der Waals surface area contributed by atoms with Crippen LogP contribution in [0, 0.1) is 22.7 Å². The van der Waals surface area contributed by atoms with E-state index in [0.717, 1.165) is 79.5 Å². The minimum atomic E-state index is 0.641. The molecule has 9 rings (SSSR count). The zero-order valence-electron chi connectivity index (χ0n) is 26.1. The van der Waals surface area contributed by atoms with Crippen molar-refractivity contribution < 1.29 is 0 Å². The minimum absolute atomic E-state index is 0.641. The van der Waals surface area contributed by atoms with Crippen LogP contribution >= 0.6 is 0 Å². The van der Waals surface area contributed by atoms with Gasteiger partial charge in [0, 0.05) is 33.1 Å². The van der Waals surface area contributed by atoms with E-state index >= 15 is 0 Å². The number of hydrogen-bond donors (Lipinski definition) is 0. The van der Waals surface area contributed by atoms with E-state index in [1.165, 1.54) is 10.9 Å². The van der Waals surface area contributed by atoms with Gasteiger partial charge < -0.3 is 9.13 Å². The van der Waals surface area contributed by atoms with E-state index in [4.69, 9.17) is 0 Å². The second-order valence-electron chi connectivity index (χ2n) is 12.3. The zero-order valence-corrected chi connectivity index (χ0v) is 26.1. The molecule has 2 heterocycles. The molecule has 0 amide bonds. The molecule has 4 nitrogen and oxygen atoms in total. The van der Waals surface area contributed by atoms with Crippen LogP contribution in [-0.4, -0.2) is 9.13 Å². The first-order valence-corrected chi connectivity index (χ1v) is 16.2. The maximum Gasteiger partial charge on any atom is 0.101 e. The molecule has 4 heteroatoms. The number of aryl methyl sites for hydroxylation is 1. The summed E-state index contributed by atoms with van der Waals surface area (Å²) in [5, 5.41) is 23.9. The molecule has 6 aromatic carbocycles. The number of nitriles is 2. The van der Waals surface area contributed by atoms with Gasteiger partial charge in [-0.25, -0.2) is 0 Å². The summed E-state index contributed by atoms with van der Waals surface area (Å²) in [6.07, 6.45) is 6.44. The molecule has 0 unspecified atom stereocenters. The fourth-order valence-electron chi connectivity index (χ4n) is 7.60. The molecule has 1 aliphatic carbocycles. The molecule has 2 aromatic heterocycles. The predicted octanol–water partition coefficient (Wildman–Crippen LogP) is 10.8. The Hall–Kier alpha value is -6.62. The topological polar surface area (TPSA) is 57.4 Å². The number of fused-ring (bicyclic) bond motifs is 6. The van der Waals surface area contributed by atoms with Crippen molar-refractivity contribution in [2.75, 3.05) is 0 Å². The molecular formula is C44H28N4. The van der Waals surface area contributed by atoms with Gasteiger partial charge in [-0.2, -0.15) is 10.5 Å². The van der Waals surface area contributed by atoms with Crippen LogP contribution in [0.25, 0.3) is 72.4 Å². The Morgan fingerprint density at radius 1 is 0.542 bits per heavy atom. The third-order valence-corrected chi connectivity index (χ3v) is 9.66. The summed E-state index contributed by atoms with van der Waals surface area (Å²) in [5.74, 6) is 0. The number of para-hydroxylation sites is 4. The van der Waals surface area contributed by atoms with Crippen LogP contribution in [0.1, 0.15) is 28.8 Å². The average molecular weight is 613 g/mol. The Labute approximate surface area is 278 Å². The molecule has 0 saturated carbocycles. The van der Waals surface area contributed by atoms with E-state index in [1.807, 2.05) is 36.4 Å². The fraction of sp³-hybridized carbons (Fsp3) is 0.0455. The van der Waals surface area contributed by atoms with E-state index in [1.54, 1.807) is 0 Å². The molecule has 0 saturated heterocycles. The van der Waals surface area contributed by atoms with Gasteiger partial charge in [-0.05, 0) is 83.6 Å². The lowest BCUT2D eigenvalue weighted by Crippen LogP contribution is -2.04. The minimum Gasteiger partial charge on any atom is -0.308 e. The van der Waals surface area contributed by atoms with Gasteiger partial charge in [0.25, 0.3) is 0 Å². The number of hydrogen-bond acceptors (Lipinski definition) is 2. The van der Waals surface area contributed by atoms with Gasteiger partial charge in [-0.1, -0.05) is 97.1 Å². The number of nitrogens with zero attached hydrogens (tertiary/aromatic N) is 4. The van der Waals surface area contributed by atoms with E-state index in [2.05, 4.69) is 130 Å². The van der Waals surface area contributed by atoms with Crippen LogP contribution in [0.3, 0.4) is 0 Å². The van der Waals surface area contributed by atoms with Gasteiger partial charge in [-0.15, -0.1) is 0 Å². The third kappa shape index (κ3) is 4.14. The zero-order chi connectivity index (χ0) is 32.2. The fourth-order valence-corrected chi connectivity index (χ4v) is 7.60. The Balaban J connectivity index is 1.23. The van der Waals surface area contributed by atoms with Crippen molar-refractivity contribution in [3.63, 3.8) is 0 Å². The van der Waals surface area contributed by atoms with Gasteiger partial charge >= 0.3 is 0 Å². The number of benzene rings is 6. The van der Waals surface area contributed by atoms with Gasteiger partial charge in [0.15, 0.2) is 0 Å². The summed E-state index contributed by atoms with van der Waals surface area (Å²) < 4.78 is 4.50. The highest BCUT2D eigenvalue weighted by molar-refractivity contribution is 6.11. The second-order valence-corrected chi connectivity index (χ2v) is 12.3. The van der Waals surface area contributed by atoms with Crippen LogP contribution in [0.15, 0.2) is 140 Å². The molecular weight excluding hydrogens is 585 g/mol. The molecule has 0 atom stereocenters. The van der Waals surface area contributed by atoms with Crippen molar-refractivity contribution >= 4 is 38.8 Å². The van der Waals surface area contributed by atoms with Crippen molar-refractivity contribution in [2.24, 2.45) is 0 Å². The molecule has 0 aliphatic heterocycles. The number of rotatable bonds is 4. The van der Waals surface area contributed by atoms with Crippen molar-refractivity contribution in [3.8, 4) is 45.8 Å². The van der Waals surface area contributed by atoms with E-state index in [9.17, 15) is 10.5 Å². The summed E-state index contributed by atoms with van der Waals surface area (Å²) in [4.78, 5) is 0. The highest BCUT2D eigenvalue weighted by Crippen LogP contribution is 2.40. The van der Waals surface area contributed by atoms with Crippen molar-refractivity contribution in [1.29, 1.82) is 10.5 Å². The molecule has 8 aromatic rings. The summed E-state index contributed by atoms with van der Waals surface area (Å²) >= 11 is 0. The van der Waals surface area contributed by atoms with Gasteiger partial charge in [0.05, 0.1) is 33.4 Å². The average Bonchev–Trinajstić information content (AvgIpc) is 3.68. The standard InChI is InChI=1S/C44H28N4/c45-27-32-14-9-20-35(43(32)48-41-23-5-1-17-36(41)37-18-2-6-24-42(37)48)31-13-7-11-29(25-31)30-12-8-16-34(26-30)47-40-22-4-3-19-38(40)39-21-10-15-33(28-46)44(39)47/h1,3-17,19-26H,2,18H2. The summed E-state index contributed by atoms with van der Waals surface area (Å²) in [5.41, 5.74) is 13.0. The molecule has 1 aliphatic rings. The van der Waals surface area contributed by atoms with Crippen LogP contribution in [0.4, 0.5) is 0 Å². The maximum absolute atomic E-state index is 10.4. The maximum atomic E-state index is 10.4. The van der Waals surface area contributed by atoms with Crippen LogP contribution in [0.5, 0.6) is 0 Å². The van der Waals surface area contributed by atoms with Gasteiger partial charge in [-0.3, -0.25) is 0 Å². The van der Waals surface area contributed by atoms with Crippen molar-refractivity contribution in [3.05, 3.63) is 162 Å². The quantitative estimate of drug-likeness (QED) is 0.199. The van der Waals surface area contributed by atoms with E-state index < -0.39 is 0 Å². The summed E-state index contributed by atoms with van der Waals surface area (Å²) in [7, 11) is 0. The molecule has 0 fully saturated rings. The lowest BCUT2D eigenvalue weighted by atomic mass is 9.95. The largest absolute Gasteiger partial charge is 0.308 e. The van der Waals surface area contributed by atoms with Crippen LogP contribution < -0.4 is 0 Å². The van der Waals surface area contributed by atoms with E-state index in [-0.39, 0.29) is 0 Å². The third-order valence-electron chi connectivity index (χ3n) is 9.66. The monoisotopic (exact) mass is 612 g/mol. The lowest BCUT2D eigenvalue weighted by molar-refractivity contribution is 0.967. The van der Waals surface area contributed by atoms with Crippen molar-refractivity contribution in [2.45, 2.75) is 12.8 Å². The highest BCUT2D eigenvalue weighted by Gasteiger charge is 2.23. The Morgan fingerprint density at radius 2 is 1.19 bits per heavy atom.